The molecule has 1 amide bonds. The number of aliphatic imine (C=N–C) groups is 1. The zero-order valence-electron chi connectivity index (χ0n) is 14.4. The van der Waals surface area contributed by atoms with Crippen molar-refractivity contribution in [3.63, 3.8) is 0 Å². The quantitative estimate of drug-likeness (QED) is 0.466. The number of guanidine groups is 1. The lowest BCUT2D eigenvalue weighted by molar-refractivity contribution is -0.127. The lowest BCUT2D eigenvalue weighted by Gasteiger charge is -2.18. The van der Waals surface area contributed by atoms with E-state index in [9.17, 15) is 4.79 Å². The van der Waals surface area contributed by atoms with Crippen LogP contribution in [0.15, 0.2) is 23.3 Å². The maximum Gasteiger partial charge on any atom is 0.243 e. The number of nitrogens with zero attached hydrogens (tertiary/aromatic N) is 3. The van der Waals surface area contributed by atoms with Crippen molar-refractivity contribution in [1.29, 1.82) is 0 Å². The summed E-state index contributed by atoms with van der Waals surface area (Å²) in [6.45, 7) is 0.871. The largest absolute Gasteiger partial charge is 0.356 e. The maximum absolute atomic E-state index is 11.8. The molecular formula is C17H26ClN5O. The van der Waals surface area contributed by atoms with Gasteiger partial charge < -0.3 is 15.5 Å². The van der Waals surface area contributed by atoms with Crippen molar-refractivity contribution >= 4 is 23.5 Å². The molecule has 0 spiro atoms. The summed E-state index contributed by atoms with van der Waals surface area (Å²) in [5.74, 6) is 0.698. The SMILES string of the molecule is CN(C)C(=O)CN=C(NCCc1ccc(Cl)nc1)NC1CCCC1. The van der Waals surface area contributed by atoms with E-state index in [2.05, 4.69) is 20.6 Å². The van der Waals surface area contributed by atoms with E-state index in [4.69, 9.17) is 11.6 Å². The molecule has 132 valence electrons. The van der Waals surface area contributed by atoms with Crippen LogP contribution in [0.4, 0.5) is 0 Å². The lowest BCUT2D eigenvalue weighted by atomic mass is 10.2. The molecule has 7 heteroatoms. The third-order valence-corrected chi connectivity index (χ3v) is 4.29. The summed E-state index contributed by atoms with van der Waals surface area (Å²) in [5.41, 5.74) is 1.11. The molecule has 2 rings (SSSR count). The van der Waals surface area contributed by atoms with E-state index in [0.717, 1.165) is 31.4 Å². The summed E-state index contributed by atoms with van der Waals surface area (Å²) in [5, 5.41) is 7.25. The molecule has 0 radical (unpaired) electrons. The van der Waals surface area contributed by atoms with Gasteiger partial charge in [-0.3, -0.25) is 4.79 Å². The molecule has 1 fully saturated rings. The van der Waals surface area contributed by atoms with Crippen LogP contribution in [0.2, 0.25) is 5.15 Å². The van der Waals surface area contributed by atoms with Gasteiger partial charge in [0.2, 0.25) is 5.91 Å². The molecule has 0 atom stereocenters. The Morgan fingerprint density at radius 2 is 2.12 bits per heavy atom. The van der Waals surface area contributed by atoms with Gasteiger partial charge in [-0.15, -0.1) is 0 Å². The minimum absolute atomic E-state index is 0.00979. The molecule has 0 saturated heterocycles. The Balaban J connectivity index is 1.87. The second kappa shape index (κ2) is 9.47. The summed E-state index contributed by atoms with van der Waals surface area (Å²) in [4.78, 5) is 21.8. The first-order valence-corrected chi connectivity index (χ1v) is 8.78. The van der Waals surface area contributed by atoms with Crippen molar-refractivity contribution < 1.29 is 4.79 Å². The van der Waals surface area contributed by atoms with Crippen molar-refractivity contribution in [2.45, 2.75) is 38.1 Å². The molecule has 0 bridgehead atoms. The average molecular weight is 352 g/mol. The molecule has 1 aromatic heterocycles. The van der Waals surface area contributed by atoms with E-state index in [-0.39, 0.29) is 12.5 Å². The molecular weight excluding hydrogens is 326 g/mol. The first-order valence-electron chi connectivity index (χ1n) is 8.40. The van der Waals surface area contributed by atoms with Gasteiger partial charge in [0.1, 0.15) is 11.7 Å². The number of nitrogens with one attached hydrogen (secondary N) is 2. The predicted octanol–water partition coefficient (Wildman–Crippen LogP) is 1.84. The van der Waals surface area contributed by atoms with Crippen LogP contribution in [0.1, 0.15) is 31.2 Å². The predicted molar refractivity (Wildman–Crippen MR) is 97.3 cm³/mol. The molecule has 1 aliphatic carbocycles. The Labute approximate surface area is 148 Å². The number of rotatable bonds is 6. The van der Waals surface area contributed by atoms with Crippen molar-refractivity contribution in [3.8, 4) is 0 Å². The van der Waals surface area contributed by atoms with Crippen LogP contribution in [-0.4, -0.2) is 55.0 Å². The zero-order valence-corrected chi connectivity index (χ0v) is 15.1. The molecule has 6 nitrogen and oxygen atoms in total. The second-order valence-corrected chi connectivity index (χ2v) is 6.63. The molecule has 0 aliphatic heterocycles. The summed E-state index contributed by atoms with van der Waals surface area (Å²) < 4.78 is 0. The fraction of sp³-hybridized carbons (Fsp3) is 0.588. The van der Waals surface area contributed by atoms with E-state index in [1.165, 1.54) is 12.8 Å². The van der Waals surface area contributed by atoms with E-state index in [0.29, 0.717) is 17.2 Å². The Kier molecular flexibility index (Phi) is 7.31. The first-order chi connectivity index (χ1) is 11.5. The minimum atomic E-state index is -0.00979. The normalized spacial score (nSPS) is 15.4. The third-order valence-electron chi connectivity index (χ3n) is 4.06. The van der Waals surface area contributed by atoms with Crippen molar-refractivity contribution in [2.24, 2.45) is 4.99 Å². The van der Waals surface area contributed by atoms with Crippen LogP contribution in [0.5, 0.6) is 0 Å². The average Bonchev–Trinajstić information content (AvgIpc) is 3.06. The number of aromatic nitrogens is 1. The molecule has 0 aromatic carbocycles. The van der Waals surface area contributed by atoms with E-state index < -0.39 is 0 Å². The van der Waals surface area contributed by atoms with E-state index >= 15 is 0 Å². The summed E-state index contributed by atoms with van der Waals surface area (Å²) in [6, 6.07) is 4.20. The smallest absolute Gasteiger partial charge is 0.243 e. The highest BCUT2D eigenvalue weighted by atomic mass is 35.5. The highest BCUT2D eigenvalue weighted by molar-refractivity contribution is 6.29. The summed E-state index contributed by atoms with van der Waals surface area (Å²) >= 11 is 5.80. The van der Waals surface area contributed by atoms with Gasteiger partial charge in [-0.05, 0) is 30.9 Å². The standard InChI is InChI=1S/C17H26ClN5O/c1-23(2)16(24)12-21-17(22-14-5-3-4-6-14)19-10-9-13-7-8-15(18)20-11-13/h7-8,11,14H,3-6,9-10,12H2,1-2H3,(H2,19,21,22). The Bertz CT molecular complexity index is 553. The van der Waals surface area contributed by atoms with Crippen LogP contribution >= 0.6 is 11.6 Å². The van der Waals surface area contributed by atoms with Crippen LogP contribution in [0.3, 0.4) is 0 Å². The Hall–Kier alpha value is -1.82. The number of amides is 1. The van der Waals surface area contributed by atoms with Gasteiger partial charge in [-0.1, -0.05) is 30.5 Å². The van der Waals surface area contributed by atoms with Crippen LogP contribution in [0.25, 0.3) is 0 Å². The molecule has 1 aromatic rings. The van der Waals surface area contributed by atoms with Crippen LogP contribution < -0.4 is 10.6 Å². The van der Waals surface area contributed by atoms with Crippen LogP contribution in [0, 0.1) is 0 Å². The Morgan fingerprint density at radius 3 is 2.75 bits per heavy atom. The number of carbonyl (C=O) groups excluding carboxylic acids is 1. The summed E-state index contributed by atoms with van der Waals surface area (Å²) in [7, 11) is 3.48. The molecule has 1 aliphatic rings. The molecule has 24 heavy (non-hydrogen) atoms. The van der Waals surface area contributed by atoms with Crippen molar-refractivity contribution in [3.05, 3.63) is 29.0 Å². The zero-order chi connectivity index (χ0) is 17.4. The van der Waals surface area contributed by atoms with Crippen molar-refractivity contribution in [2.75, 3.05) is 27.2 Å². The third kappa shape index (κ3) is 6.35. The number of carbonyl (C=O) groups is 1. The topological polar surface area (TPSA) is 69.6 Å². The fourth-order valence-corrected chi connectivity index (χ4v) is 2.70. The Morgan fingerprint density at radius 1 is 1.38 bits per heavy atom. The van der Waals surface area contributed by atoms with Gasteiger partial charge in [0.25, 0.3) is 0 Å². The minimum Gasteiger partial charge on any atom is -0.356 e. The van der Waals surface area contributed by atoms with Gasteiger partial charge in [-0.25, -0.2) is 9.98 Å². The first kappa shape index (κ1) is 18.5. The number of hydrogen-bond acceptors (Lipinski definition) is 3. The summed E-state index contributed by atoms with van der Waals surface area (Å²) in [6.07, 6.45) is 7.40. The maximum atomic E-state index is 11.8. The highest BCUT2D eigenvalue weighted by Crippen LogP contribution is 2.17. The number of hydrogen-bond donors (Lipinski definition) is 2. The lowest BCUT2D eigenvalue weighted by Crippen LogP contribution is -2.43. The van der Waals surface area contributed by atoms with Gasteiger partial charge in [0.15, 0.2) is 5.96 Å². The van der Waals surface area contributed by atoms with E-state index in [1.807, 2.05) is 6.07 Å². The fourth-order valence-electron chi connectivity index (χ4n) is 2.58. The molecule has 1 saturated carbocycles. The number of pyridine rings is 1. The van der Waals surface area contributed by atoms with Gasteiger partial charge >= 0.3 is 0 Å². The molecule has 1 heterocycles. The number of halogens is 1. The van der Waals surface area contributed by atoms with Gasteiger partial charge in [-0.2, -0.15) is 0 Å². The van der Waals surface area contributed by atoms with Gasteiger partial charge in [0.05, 0.1) is 0 Å². The van der Waals surface area contributed by atoms with Gasteiger partial charge in [0, 0.05) is 32.9 Å². The second-order valence-electron chi connectivity index (χ2n) is 6.24. The molecule has 0 unspecified atom stereocenters. The van der Waals surface area contributed by atoms with Crippen LogP contribution in [-0.2, 0) is 11.2 Å². The van der Waals surface area contributed by atoms with Crippen molar-refractivity contribution in [1.82, 2.24) is 20.5 Å². The monoisotopic (exact) mass is 351 g/mol. The van der Waals surface area contributed by atoms with E-state index in [1.54, 1.807) is 31.3 Å². The molecule has 2 N–H and O–H groups in total. The highest BCUT2D eigenvalue weighted by Gasteiger charge is 2.16. The number of likely N-dealkylation sites (N-methyl/N-ethyl adjacent to an activating group) is 1.